The third-order valence-electron chi connectivity index (χ3n) is 4.21. The monoisotopic (exact) mass is 405 g/mol. The van der Waals surface area contributed by atoms with E-state index in [0.29, 0.717) is 6.07 Å². The van der Waals surface area contributed by atoms with E-state index in [2.05, 4.69) is 4.99 Å². The average Bonchev–Trinajstić information content (AvgIpc) is 2.60. The summed E-state index contributed by atoms with van der Waals surface area (Å²) >= 11 is 0. The predicted molar refractivity (Wildman–Crippen MR) is 90.8 cm³/mol. The minimum atomic E-state index is -5.29. The van der Waals surface area contributed by atoms with Gasteiger partial charge in [-0.1, -0.05) is 42.0 Å². The SMILES string of the molecule is Cc1ccc(/C(CC(O)(c2cccc(C(F)(F)F)c2)C(F)(F)F)=N\CO)cc1. The summed E-state index contributed by atoms with van der Waals surface area (Å²) in [4.78, 5) is 3.61. The molecule has 1 unspecified atom stereocenters. The van der Waals surface area contributed by atoms with Crippen molar-refractivity contribution < 1.29 is 36.6 Å². The summed E-state index contributed by atoms with van der Waals surface area (Å²) in [6.07, 6.45) is -11.3. The highest BCUT2D eigenvalue weighted by Crippen LogP contribution is 2.44. The van der Waals surface area contributed by atoms with Crippen molar-refractivity contribution in [3.63, 3.8) is 0 Å². The van der Waals surface area contributed by atoms with Crippen LogP contribution in [0.15, 0.2) is 53.5 Å². The molecule has 28 heavy (non-hydrogen) atoms. The molecular weight excluding hydrogens is 388 g/mol. The number of benzene rings is 2. The van der Waals surface area contributed by atoms with Gasteiger partial charge in [0.05, 0.1) is 5.56 Å². The first-order valence-electron chi connectivity index (χ1n) is 8.06. The first-order chi connectivity index (χ1) is 12.9. The Labute approximate surface area is 157 Å². The number of rotatable bonds is 5. The van der Waals surface area contributed by atoms with Crippen LogP contribution in [-0.2, 0) is 11.8 Å². The summed E-state index contributed by atoms with van der Waals surface area (Å²) in [7, 11) is 0. The number of hydrogen-bond donors (Lipinski definition) is 2. The molecule has 0 amide bonds. The second-order valence-electron chi connectivity index (χ2n) is 6.23. The number of aliphatic hydroxyl groups excluding tert-OH is 1. The van der Waals surface area contributed by atoms with Crippen molar-refractivity contribution in [3.05, 3.63) is 70.8 Å². The number of alkyl halides is 6. The van der Waals surface area contributed by atoms with Crippen molar-refractivity contribution in [2.24, 2.45) is 4.99 Å². The van der Waals surface area contributed by atoms with E-state index in [4.69, 9.17) is 5.11 Å². The van der Waals surface area contributed by atoms with E-state index in [0.717, 1.165) is 17.7 Å². The molecule has 152 valence electrons. The Morgan fingerprint density at radius 3 is 2.00 bits per heavy atom. The quantitative estimate of drug-likeness (QED) is 0.565. The number of nitrogens with zero attached hydrogens (tertiary/aromatic N) is 1. The number of aliphatic hydroxyl groups is 2. The Hall–Kier alpha value is -2.39. The summed E-state index contributed by atoms with van der Waals surface area (Å²) in [5, 5.41) is 19.5. The molecule has 0 fully saturated rings. The molecule has 0 spiro atoms. The molecule has 9 heteroatoms. The van der Waals surface area contributed by atoms with Crippen molar-refractivity contribution >= 4 is 5.71 Å². The Morgan fingerprint density at radius 2 is 1.50 bits per heavy atom. The van der Waals surface area contributed by atoms with Gasteiger partial charge in [-0.3, -0.25) is 4.99 Å². The lowest BCUT2D eigenvalue weighted by molar-refractivity contribution is -0.263. The highest BCUT2D eigenvalue weighted by atomic mass is 19.4. The molecule has 0 heterocycles. The molecule has 0 radical (unpaired) electrons. The summed E-state index contributed by atoms with van der Waals surface area (Å²) < 4.78 is 80.0. The molecule has 0 aromatic heterocycles. The van der Waals surface area contributed by atoms with Gasteiger partial charge < -0.3 is 10.2 Å². The van der Waals surface area contributed by atoms with E-state index in [1.165, 1.54) is 12.1 Å². The lowest BCUT2D eigenvalue weighted by Crippen LogP contribution is -2.44. The van der Waals surface area contributed by atoms with Crippen LogP contribution in [0.1, 0.15) is 28.7 Å². The third-order valence-corrected chi connectivity index (χ3v) is 4.21. The van der Waals surface area contributed by atoms with Gasteiger partial charge >= 0.3 is 12.4 Å². The summed E-state index contributed by atoms with van der Waals surface area (Å²) in [5.74, 6) is 0. The summed E-state index contributed by atoms with van der Waals surface area (Å²) in [5.41, 5.74) is -5.19. The fourth-order valence-corrected chi connectivity index (χ4v) is 2.64. The zero-order valence-electron chi connectivity index (χ0n) is 14.6. The largest absolute Gasteiger partial charge is 0.421 e. The molecule has 3 nitrogen and oxygen atoms in total. The molecule has 0 saturated heterocycles. The van der Waals surface area contributed by atoms with E-state index in [9.17, 15) is 31.4 Å². The normalized spacial score (nSPS) is 15.4. The Bertz CT molecular complexity index is 843. The maximum Gasteiger partial charge on any atom is 0.421 e. The van der Waals surface area contributed by atoms with Crippen LogP contribution >= 0.6 is 0 Å². The van der Waals surface area contributed by atoms with Crippen LogP contribution in [0, 0.1) is 6.92 Å². The van der Waals surface area contributed by atoms with E-state index >= 15 is 0 Å². The van der Waals surface area contributed by atoms with Gasteiger partial charge in [-0.25, -0.2) is 0 Å². The van der Waals surface area contributed by atoms with E-state index in [-0.39, 0.29) is 17.3 Å². The maximum atomic E-state index is 13.8. The highest BCUT2D eigenvalue weighted by Gasteiger charge is 2.56. The van der Waals surface area contributed by atoms with E-state index in [1.807, 2.05) is 0 Å². The molecule has 0 aliphatic heterocycles. The van der Waals surface area contributed by atoms with E-state index < -0.39 is 42.2 Å². The Kier molecular flexibility index (Phi) is 6.20. The molecule has 0 aliphatic rings. The van der Waals surface area contributed by atoms with Crippen molar-refractivity contribution in [2.75, 3.05) is 6.73 Å². The molecule has 0 aliphatic carbocycles. The highest BCUT2D eigenvalue weighted by molar-refractivity contribution is 6.01. The van der Waals surface area contributed by atoms with E-state index in [1.54, 1.807) is 19.1 Å². The number of aryl methyl sites for hydroxylation is 1. The molecule has 0 saturated carbocycles. The first-order valence-corrected chi connectivity index (χ1v) is 8.06. The molecule has 2 rings (SSSR count). The zero-order valence-corrected chi connectivity index (χ0v) is 14.6. The maximum absolute atomic E-state index is 13.8. The van der Waals surface area contributed by atoms with Crippen LogP contribution in [-0.4, -0.2) is 28.8 Å². The minimum Gasteiger partial charge on any atom is -0.376 e. The zero-order chi connectivity index (χ0) is 21.2. The van der Waals surface area contributed by atoms with Gasteiger partial charge in [-0.05, 0) is 30.2 Å². The van der Waals surface area contributed by atoms with Gasteiger partial charge in [0, 0.05) is 12.1 Å². The van der Waals surface area contributed by atoms with Crippen LogP contribution in [0.25, 0.3) is 0 Å². The second-order valence-corrected chi connectivity index (χ2v) is 6.23. The lowest BCUT2D eigenvalue weighted by atomic mass is 9.85. The molecule has 2 aromatic carbocycles. The minimum absolute atomic E-state index is 0.203. The average molecular weight is 405 g/mol. The van der Waals surface area contributed by atoms with Crippen LogP contribution < -0.4 is 0 Å². The topological polar surface area (TPSA) is 52.8 Å². The van der Waals surface area contributed by atoms with Crippen molar-refractivity contribution in [2.45, 2.75) is 31.3 Å². The number of halogens is 6. The van der Waals surface area contributed by atoms with Crippen molar-refractivity contribution in [1.82, 2.24) is 0 Å². The number of aliphatic imine (C=N–C) groups is 1. The van der Waals surface area contributed by atoms with Gasteiger partial charge in [-0.15, -0.1) is 0 Å². The molecule has 2 aromatic rings. The fourth-order valence-electron chi connectivity index (χ4n) is 2.64. The number of hydrogen-bond acceptors (Lipinski definition) is 3. The van der Waals surface area contributed by atoms with Gasteiger partial charge in [0.25, 0.3) is 0 Å². The van der Waals surface area contributed by atoms with Crippen LogP contribution in [0.4, 0.5) is 26.3 Å². The van der Waals surface area contributed by atoms with Crippen molar-refractivity contribution in [1.29, 1.82) is 0 Å². The second kappa shape index (κ2) is 7.92. The fraction of sp³-hybridized carbons (Fsp3) is 0.316. The van der Waals surface area contributed by atoms with Gasteiger partial charge in [0.15, 0.2) is 5.60 Å². The Balaban J connectivity index is 2.56. The molecule has 1 atom stereocenters. The summed E-state index contributed by atoms with van der Waals surface area (Å²) in [6.45, 7) is 0.904. The summed E-state index contributed by atoms with van der Waals surface area (Å²) in [6, 6.07) is 8.54. The van der Waals surface area contributed by atoms with Crippen molar-refractivity contribution in [3.8, 4) is 0 Å². The van der Waals surface area contributed by atoms with Gasteiger partial charge in [-0.2, -0.15) is 26.3 Å². The predicted octanol–water partition coefficient (Wildman–Crippen LogP) is 4.59. The standard InChI is InChI=1S/C19H17F6NO2/c1-12-5-7-13(8-6-12)16(26-11-27)10-17(28,19(23,24)25)14-3-2-4-15(9-14)18(20,21)22/h2-9,27-28H,10-11H2,1H3/b26-16-. The molecule has 2 N–H and O–H groups in total. The van der Waals surface area contributed by atoms with Crippen LogP contribution in [0.2, 0.25) is 0 Å². The smallest absolute Gasteiger partial charge is 0.376 e. The van der Waals surface area contributed by atoms with Gasteiger partial charge in [0.1, 0.15) is 6.73 Å². The van der Waals surface area contributed by atoms with Crippen LogP contribution in [0.3, 0.4) is 0 Å². The Morgan fingerprint density at radius 1 is 0.929 bits per heavy atom. The lowest BCUT2D eigenvalue weighted by Gasteiger charge is -2.32. The molecule has 0 bridgehead atoms. The van der Waals surface area contributed by atoms with Gasteiger partial charge in [0.2, 0.25) is 0 Å². The first kappa shape index (κ1) is 21.9. The third kappa shape index (κ3) is 4.71. The molecular formula is C19H17F6NO2. The van der Waals surface area contributed by atoms with Crippen LogP contribution in [0.5, 0.6) is 0 Å².